The molecule has 0 aliphatic carbocycles. The van der Waals surface area contributed by atoms with Gasteiger partial charge in [-0.05, 0) is 6.07 Å². The highest BCUT2D eigenvalue weighted by Gasteiger charge is 2.00. The molecule has 0 bridgehead atoms. The number of hydrogen-bond donors (Lipinski definition) is 0. The van der Waals surface area contributed by atoms with Gasteiger partial charge in [-0.2, -0.15) is 0 Å². The van der Waals surface area contributed by atoms with Crippen molar-refractivity contribution in [3.8, 4) is 0 Å². The first-order valence-electron chi connectivity index (χ1n) is 3.29. The highest BCUT2D eigenvalue weighted by atomic mass is 35.5. The van der Waals surface area contributed by atoms with E-state index in [0.29, 0.717) is 21.7 Å². The molecule has 0 aliphatic heterocycles. The number of hydrogen-bond acceptors (Lipinski definition) is 3. The van der Waals surface area contributed by atoms with Gasteiger partial charge in [0.1, 0.15) is 6.33 Å². The number of fused-ring (bicyclic) bond motifs is 1. The van der Waals surface area contributed by atoms with Gasteiger partial charge in [-0.1, -0.05) is 11.6 Å². The maximum atomic E-state index is 5.72. The topological polar surface area (TPSA) is 38.7 Å². The summed E-state index contributed by atoms with van der Waals surface area (Å²) in [5.74, 6) is 0. The molecule has 0 saturated carbocycles. The van der Waals surface area contributed by atoms with Crippen LogP contribution in [0.25, 0.3) is 11.0 Å². The molecule has 2 aromatic heterocycles. The van der Waals surface area contributed by atoms with E-state index in [1.54, 1.807) is 6.07 Å². The predicted molar refractivity (Wildman–Crippen MR) is 45.7 cm³/mol. The lowest BCUT2D eigenvalue weighted by molar-refractivity contribution is 1.16. The first-order chi connectivity index (χ1) is 5.77. The van der Waals surface area contributed by atoms with Crippen LogP contribution in [0.5, 0.6) is 0 Å². The van der Waals surface area contributed by atoms with Crippen molar-refractivity contribution in [1.82, 2.24) is 15.0 Å². The van der Waals surface area contributed by atoms with E-state index < -0.39 is 0 Å². The average molecular weight is 178 g/mol. The van der Waals surface area contributed by atoms with E-state index in [9.17, 15) is 0 Å². The Labute approximate surface area is 74.4 Å². The molecular formula is C8H4ClN3. The maximum Gasteiger partial charge on any atom is 0.162 e. The molecule has 0 spiro atoms. The monoisotopic (exact) mass is 177 g/mol. The van der Waals surface area contributed by atoms with Gasteiger partial charge in [0.05, 0.1) is 10.7 Å². The van der Waals surface area contributed by atoms with Crippen molar-refractivity contribution in [3.63, 3.8) is 0 Å². The second kappa shape index (κ2) is 2.68. The summed E-state index contributed by atoms with van der Waals surface area (Å²) >= 11 is 5.72. The molecule has 0 amide bonds. The summed E-state index contributed by atoms with van der Waals surface area (Å²) in [6.45, 7) is 5.58. The lowest BCUT2D eigenvalue weighted by Crippen LogP contribution is -1.89. The molecule has 3 nitrogen and oxygen atoms in total. The summed E-state index contributed by atoms with van der Waals surface area (Å²) in [5.41, 5.74) is 0.960. The Kier molecular flexibility index (Phi) is 1.66. The van der Waals surface area contributed by atoms with E-state index in [1.807, 2.05) is 0 Å². The van der Waals surface area contributed by atoms with Crippen molar-refractivity contribution < 1.29 is 0 Å². The van der Waals surface area contributed by atoms with Gasteiger partial charge in [-0.25, -0.2) is 15.0 Å². The largest absolute Gasteiger partial charge is 0.240 e. The molecule has 0 saturated heterocycles. The quantitative estimate of drug-likeness (QED) is 0.615. The Hall–Kier alpha value is -1.22. The molecule has 0 atom stereocenters. The fraction of sp³-hybridized carbons (Fsp3) is 0. The number of pyridine rings is 1. The highest BCUT2D eigenvalue weighted by Crippen LogP contribution is 2.16. The lowest BCUT2D eigenvalue weighted by atomic mass is 10.2. The molecular weight excluding hydrogens is 174 g/mol. The van der Waals surface area contributed by atoms with Crippen LogP contribution in [-0.2, 0) is 0 Å². The van der Waals surface area contributed by atoms with Gasteiger partial charge in [0, 0.05) is 18.5 Å². The lowest BCUT2D eigenvalue weighted by Gasteiger charge is -1.97. The van der Waals surface area contributed by atoms with Crippen LogP contribution in [0.15, 0.2) is 18.6 Å². The number of halogens is 1. The van der Waals surface area contributed by atoms with Crippen molar-refractivity contribution in [1.29, 1.82) is 0 Å². The highest BCUT2D eigenvalue weighted by molar-refractivity contribution is 6.31. The summed E-state index contributed by atoms with van der Waals surface area (Å²) in [4.78, 5) is 11.7. The van der Waals surface area contributed by atoms with Crippen molar-refractivity contribution in [2.24, 2.45) is 0 Å². The molecule has 0 aromatic carbocycles. The zero-order valence-electron chi connectivity index (χ0n) is 6.03. The van der Waals surface area contributed by atoms with Crippen LogP contribution in [0.3, 0.4) is 0 Å². The van der Waals surface area contributed by atoms with E-state index in [0.717, 1.165) is 0 Å². The molecule has 2 radical (unpaired) electrons. The fourth-order valence-electron chi connectivity index (χ4n) is 0.939. The van der Waals surface area contributed by atoms with Gasteiger partial charge >= 0.3 is 0 Å². The molecule has 2 rings (SSSR count). The molecule has 0 fully saturated rings. The Balaban J connectivity index is 2.88. The molecule has 2 aromatic rings. The van der Waals surface area contributed by atoms with E-state index >= 15 is 0 Å². The Bertz CT molecular complexity index is 428. The van der Waals surface area contributed by atoms with Gasteiger partial charge in [0.15, 0.2) is 5.65 Å². The van der Waals surface area contributed by atoms with Crippen LogP contribution in [-0.4, -0.2) is 15.0 Å². The first-order valence-corrected chi connectivity index (χ1v) is 3.67. The summed E-state index contributed by atoms with van der Waals surface area (Å²) in [6.07, 6.45) is 2.90. The van der Waals surface area contributed by atoms with Crippen LogP contribution in [0, 0.1) is 6.92 Å². The molecule has 0 aliphatic rings. The normalized spacial score (nSPS) is 10.5. The van der Waals surface area contributed by atoms with E-state index in [1.165, 1.54) is 12.5 Å². The van der Waals surface area contributed by atoms with Crippen LogP contribution < -0.4 is 0 Å². The molecule has 2 heterocycles. The fourth-order valence-corrected chi connectivity index (χ4v) is 1.10. The van der Waals surface area contributed by atoms with Gasteiger partial charge in [-0.3, -0.25) is 0 Å². The van der Waals surface area contributed by atoms with Crippen LogP contribution in [0.4, 0.5) is 0 Å². The van der Waals surface area contributed by atoms with Crippen molar-refractivity contribution in [2.45, 2.75) is 0 Å². The molecule has 0 N–H and O–H groups in total. The van der Waals surface area contributed by atoms with Gasteiger partial charge in [0.25, 0.3) is 0 Å². The van der Waals surface area contributed by atoms with Gasteiger partial charge in [0.2, 0.25) is 0 Å². The minimum Gasteiger partial charge on any atom is -0.240 e. The van der Waals surface area contributed by atoms with Gasteiger partial charge in [-0.15, -0.1) is 0 Å². The summed E-state index contributed by atoms with van der Waals surface area (Å²) in [6, 6.07) is 1.69. The first kappa shape index (κ1) is 7.43. The second-order valence-corrected chi connectivity index (χ2v) is 2.72. The Morgan fingerprint density at radius 3 is 2.92 bits per heavy atom. The van der Waals surface area contributed by atoms with Crippen molar-refractivity contribution in [2.75, 3.05) is 0 Å². The van der Waals surface area contributed by atoms with Crippen molar-refractivity contribution >= 4 is 22.6 Å². The predicted octanol–water partition coefficient (Wildman–Crippen LogP) is 1.74. The third-order valence-electron chi connectivity index (χ3n) is 1.49. The van der Waals surface area contributed by atoms with Crippen LogP contribution in [0.1, 0.15) is 5.69 Å². The zero-order valence-corrected chi connectivity index (χ0v) is 6.78. The minimum absolute atomic E-state index is 0.398. The minimum atomic E-state index is 0.398. The van der Waals surface area contributed by atoms with E-state index in [4.69, 9.17) is 18.5 Å². The van der Waals surface area contributed by atoms with Crippen molar-refractivity contribution in [3.05, 3.63) is 36.2 Å². The number of nitrogens with zero attached hydrogens (tertiary/aromatic N) is 3. The maximum absolute atomic E-state index is 5.72. The third-order valence-corrected chi connectivity index (χ3v) is 1.69. The van der Waals surface area contributed by atoms with Crippen LogP contribution in [0.2, 0.25) is 5.02 Å². The molecule has 58 valence electrons. The van der Waals surface area contributed by atoms with Crippen LogP contribution >= 0.6 is 11.6 Å². The third kappa shape index (κ3) is 1.12. The van der Waals surface area contributed by atoms with E-state index in [2.05, 4.69) is 15.0 Å². The number of rotatable bonds is 0. The smallest absolute Gasteiger partial charge is 0.162 e. The zero-order chi connectivity index (χ0) is 8.55. The molecule has 4 heteroatoms. The standard InChI is InChI=1S/C8H4ClN3/c1-5-7-2-6(9)3-10-8(7)12-4-11-5/h1-4H. The summed E-state index contributed by atoms with van der Waals surface area (Å²) in [5, 5.41) is 1.22. The Morgan fingerprint density at radius 2 is 2.08 bits per heavy atom. The summed E-state index contributed by atoms with van der Waals surface area (Å²) in [7, 11) is 0. The SMILES string of the molecule is [CH]c1ncnc2ncc(Cl)cc12. The number of aromatic nitrogens is 3. The Morgan fingerprint density at radius 1 is 1.25 bits per heavy atom. The summed E-state index contributed by atoms with van der Waals surface area (Å²) < 4.78 is 0. The second-order valence-electron chi connectivity index (χ2n) is 2.28. The average Bonchev–Trinajstić information content (AvgIpc) is 2.07. The van der Waals surface area contributed by atoms with Gasteiger partial charge < -0.3 is 0 Å². The molecule has 0 unspecified atom stereocenters. The van der Waals surface area contributed by atoms with E-state index in [-0.39, 0.29) is 0 Å². The molecule has 12 heavy (non-hydrogen) atoms.